The van der Waals surface area contributed by atoms with Crippen LogP contribution in [0.5, 0.6) is 0 Å². The molecule has 0 saturated carbocycles. The quantitative estimate of drug-likeness (QED) is 0.790. The highest BCUT2D eigenvalue weighted by atomic mass is 32.1. The van der Waals surface area contributed by atoms with Crippen LogP contribution in [0.1, 0.15) is 18.2 Å². The summed E-state index contributed by atoms with van der Waals surface area (Å²) in [7, 11) is 3.08. The lowest BCUT2D eigenvalue weighted by atomic mass is 10.1. The van der Waals surface area contributed by atoms with Crippen molar-refractivity contribution in [3.63, 3.8) is 0 Å². The van der Waals surface area contributed by atoms with Crippen LogP contribution in [0.2, 0.25) is 0 Å². The Morgan fingerprint density at radius 1 is 1.26 bits per heavy atom. The first-order valence-corrected chi connectivity index (χ1v) is 8.08. The van der Waals surface area contributed by atoms with Gasteiger partial charge in [0.25, 0.3) is 5.56 Å². The summed E-state index contributed by atoms with van der Waals surface area (Å²) in [5, 5.41) is 6.29. The van der Waals surface area contributed by atoms with E-state index in [1.54, 1.807) is 13.2 Å². The molecule has 23 heavy (non-hydrogen) atoms. The summed E-state index contributed by atoms with van der Waals surface area (Å²) in [6.07, 6.45) is 2.41. The van der Waals surface area contributed by atoms with E-state index in [9.17, 15) is 9.59 Å². The molecule has 0 bridgehead atoms. The van der Waals surface area contributed by atoms with E-state index >= 15 is 0 Å². The summed E-state index contributed by atoms with van der Waals surface area (Å²) < 4.78 is 2.48. The number of aromatic nitrogens is 4. The fourth-order valence-electron chi connectivity index (χ4n) is 2.50. The normalized spacial score (nSPS) is 11.1. The van der Waals surface area contributed by atoms with Gasteiger partial charge in [-0.1, -0.05) is 6.92 Å². The van der Waals surface area contributed by atoms with Gasteiger partial charge in [0.15, 0.2) is 10.8 Å². The van der Waals surface area contributed by atoms with Crippen LogP contribution in [-0.4, -0.2) is 19.1 Å². The van der Waals surface area contributed by atoms with E-state index in [0.717, 1.165) is 15.8 Å². The third kappa shape index (κ3) is 2.44. The summed E-state index contributed by atoms with van der Waals surface area (Å²) in [5.74, 6) is 0. The number of pyridine rings is 1. The Bertz CT molecular complexity index is 1020. The molecule has 8 heteroatoms. The van der Waals surface area contributed by atoms with Gasteiger partial charge in [-0.2, -0.15) is 0 Å². The van der Waals surface area contributed by atoms with Crippen molar-refractivity contribution >= 4 is 33.2 Å². The second-order valence-corrected chi connectivity index (χ2v) is 6.19. The summed E-state index contributed by atoms with van der Waals surface area (Å²) in [6, 6.07) is 0. The van der Waals surface area contributed by atoms with Crippen molar-refractivity contribution < 1.29 is 0 Å². The maximum atomic E-state index is 12.6. The second-order valence-electron chi connectivity index (χ2n) is 5.34. The van der Waals surface area contributed by atoms with E-state index in [1.807, 2.05) is 19.2 Å². The topological polar surface area (TPSA) is 81.8 Å². The van der Waals surface area contributed by atoms with Crippen molar-refractivity contribution in [1.29, 1.82) is 0 Å². The number of aryl methyl sites for hydroxylation is 3. The lowest BCUT2D eigenvalue weighted by molar-refractivity contribution is 0.707. The molecule has 120 valence electrons. The fraction of sp³-hybridized carbons (Fsp3) is 0.333. The van der Waals surface area contributed by atoms with Gasteiger partial charge in [-0.05, 0) is 18.9 Å². The maximum absolute atomic E-state index is 12.6. The minimum absolute atomic E-state index is 0.360. The molecular weight excluding hydrogens is 314 g/mol. The van der Waals surface area contributed by atoms with Crippen molar-refractivity contribution in [3.8, 4) is 0 Å². The molecule has 0 fully saturated rings. The zero-order valence-corrected chi connectivity index (χ0v) is 14.2. The predicted octanol–water partition coefficient (Wildman–Crippen LogP) is 1.70. The van der Waals surface area contributed by atoms with Crippen molar-refractivity contribution in [1.82, 2.24) is 19.1 Å². The van der Waals surface area contributed by atoms with E-state index in [1.165, 1.54) is 23.0 Å². The van der Waals surface area contributed by atoms with Gasteiger partial charge in [0, 0.05) is 25.7 Å². The molecule has 0 aliphatic heterocycles. The molecule has 3 heterocycles. The number of thiazole rings is 1. The first-order valence-electron chi connectivity index (χ1n) is 7.20. The molecule has 0 amide bonds. The standard InChI is InChI=1S/C15H17N5O2S/c1-5-9-6-16-12-10(13(21)20(4)15(22)19(12)3)11(9)18-14-17-8(2)7-23-14/h6-7H,5H2,1-4H3,(H,16,17,18). The largest absolute Gasteiger partial charge is 0.332 e. The zero-order chi connectivity index (χ0) is 16.7. The lowest BCUT2D eigenvalue weighted by Gasteiger charge is -2.14. The highest BCUT2D eigenvalue weighted by Gasteiger charge is 2.17. The lowest BCUT2D eigenvalue weighted by Crippen LogP contribution is -2.37. The van der Waals surface area contributed by atoms with Gasteiger partial charge in [-0.15, -0.1) is 11.3 Å². The zero-order valence-electron chi connectivity index (χ0n) is 13.4. The molecule has 7 nitrogen and oxygen atoms in total. The molecule has 0 atom stereocenters. The predicted molar refractivity (Wildman–Crippen MR) is 91.7 cm³/mol. The Hall–Kier alpha value is -2.48. The number of nitrogens with zero attached hydrogens (tertiary/aromatic N) is 4. The smallest absolute Gasteiger partial charge is 0.330 e. The Kier molecular flexibility index (Phi) is 3.77. The average molecular weight is 331 g/mol. The molecule has 1 N–H and O–H groups in total. The Labute approximate surface area is 136 Å². The van der Waals surface area contributed by atoms with Gasteiger partial charge in [0.05, 0.1) is 11.4 Å². The van der Waals surface area contributed by atoms with Crippen molar-refractivity contribution in [2.75, 3.05) is 5.32 Å². The number of anilines is 2. The third-order valence-electron chi connectivity index (χ3n) is 3.78. The Balaban J connectivity index is 2.38. The Morgan fingerprint density at radius 2 is 2.00 bits per heavy atom. The second kappa shape index (κ2) is 5.62. The molecule has 0 saturated heterocycles. The number of hydrogen-bond acceptors (Lipinski definition) is 6. The molecule has 0 aliphatic carbocycles. The van der Waals surface area contributed by atoms with E-state index in [2.05, 4.69) is 15.3 Å². The molecule has 0 unspecified atom stereocenters. The maximum Gasteiger partial charge on any atom is 0.332 e. The first kappa shape index (κ1) is 15.4. The van der Waals surface area contributed by atoms with Crippen LogP contribution in [0.3, 0.4) is 0 Å². The molecule has 0 spiro atoms. The average Bonchev–Trinajstić information content (AvgIpc) is 2.95. The summed E-state index contributed by atoms with van der Waals surface area (Å²) in [5.41, 5.74) is 2.10. The monoisotopic (exact) mass is 331 g/mol. The molecular formula is C15H17N5O2S. The summed E-state index contributed by atoms with van der Waals surface area (Å²) in [6.45, 7) is 3.91. The first-order chi connectivity index (χ1) is 10.9. The van der Waals surface area contributed by atoms with Crippen LogP contribution in [0.25, 0.3) is 11.0 Å². The van der Waals surface area contributed by atoms with Crippen molar-refractivity contribution in [2.24, 2.45) is 14.1 Å². The molecule has 0 aliphatic rings. The highest BCUT2D eigenvalue weighted by molar-refractivity contribution is 7.13. The number of hydrogen-bond donors (Lipinski definition) is 1. The fourth-order valence-corrected chi connectivity index (χ4v) is 3.19. The van der Waals surface area contributed by atoms with E-state index in [0.29, 0.717) is 28.3 Å². The highest BCUT2D eigenvalue weighted by Crippen LogP contribution is 2.28. The van der Waals surface area contributed by atoms with E-state index in [-0.39, 0.29) is 5.56 Å². The summed E-state index contributed by atoms with van der Waals surface area (Å²) in [4.78, 5) is 33.4. The molecule has 0 radical (unpaired) electrons. The van der Waals surface area contributed by atoms with Gasteiger partial charge < -0.3 is 5.32 Å². The van der Waals surface area contributed by atoms with Crippen LogP contribution < -0.4 is 16.6 Å². The molecule has 3 aromatic heterocycles. The van der Waals surface area contributed by atoms with Gasteiger partial charge >= 0.3 is 5.69 Å². The molecule has 3 aromatic rings. The van der Waals surface area contributed by atoms with Crippen LogP contribution in [0.4, 0.5) is 10.8 Å². The minimum Gasteiger partial charge on any atom is -0.330 e. The van der Waals surface area contributed by atoms with Crippen LogP contribution in [0, 0.1) is 6.92 Å². The molecule has 3 rings (SSSR count). The van der Waals surface area contributed by atoms with Gasteiger partial charge in [-0.25, -0.2) is 14.8 Å². The minimum atomic E-state index is -0.393. The number of nitrogens with one attached hydrogen (secondary N) is 1. The van der Waals surface area contributed by atoms with E-state index in [4.69, 9.17) is 0 Å². The van der Waals surface area contributed by atoms with Crippen LogP contribution in [-0.2, 0) is 20.5 Å². The van der Waals surface area contributed by atoms with Crippen molar-refractivity contribution in [2.45, 2.75) is 20.3 Å². The third-order valence-corrected chi connectivity index (χ3v) is 4.65. The van der Waals surface area contributed by atoms with Crippen LogP contribution in [0.15, 0.2) is 21.2 Å². The van der Waals surface area contributed by atoms with Gasteiger partial charge in [-0.3, -0.25) is 13.9 Å². The molecule has 0 aromatic carbocycles. The van der Waals surface area contributed by atoms with Gasteiger partial charge in [0.1, 0.15) is 5.39 Å². The van der Waals surface area contributed by atoms with Crippen molar-refractivity contribution in [3.05, 3.63) is 43.7 Å². The SMILES string of the molecule is CCc1cnc2c(c1Nc1nc(C)cs1)c(=O)n(C)c(=O)n2C. The number of fused-ring (bicyclic) bond motifs is 1. The summed E-state index contributed by atoms with van der Waals surface area (Å²) >= 11 is 1.47. The Morgan fingerprint density at radius 3 is 2.61 bits per heavy atom. The van der Waals surface area contributed by atoms with Gasteiger partial charge in [0.2, 0.25) is 0 Å². The van der Waals surface area contributed by atoms with E-state index < -0.39 is 5.69 Å². The number of rotatable bonds is 3. The van der Waals surface area contributed by atoms with Crippen LogP contribution >= 0.6 is 11.3 Å².